The van der Waals surface area contributed by atoms with E-state index < -0.39 is 53.9 Å². The van der Waals surface area contributed by atoms with Crippen molar-refractivity contribution in [2.75, 3.05) is 13.2 Å². The van der Waals surface area contributed by atoms with Crippen LogP contribution in [0.25, 0.3) is 0 Å². The van der Waals surface area contributed by atoms with E-state index in [4.69, 9.17) is 9.47 Å². The van der Waals surface area contributed by atoms with Crippen LogP contribution in [0.4, 0.5) is 13.2 Å². The maximum atomic E-state index is 13.6. The molecule has 170 valence electrons. The number of aliphatic hydroxyl groups is 1. The molecule has 1 aromatic carbocycles. The largest absolute Gasteiger partial charge is 0.423 e. The molecule has 1 fully saturated rings. The summed E-state index contributed by atoms with van der Waals surface area (Å²) in [5, 5.41) is 9.53. The van der Waals surface area contributed by atoms with Crippen molar-refractivity contribution in [1.29, 1.82) is 0 Å². The molecule has 0 bridgehead atoms. The zero-order valence-electron chi connectivity index (χ0n) is 16.8. The number of rotatable bonds is 5. The number of carbonyl (C=O) groups excluding carboxylic acids is 1. The van der Waals surface area contributed by atoms with E-state index in [1.54, 1.807) is 13.0 Å². The summed E-state index contributed by atoms with van der Waals surface area (Å²) < 4.78 is 52.1. The van der Waals surface area contributed by atoms with Crippen LogP contribution in [0.2, 0.25) is 0 Å². The minimum Gasteiger partial charge on any atom is -0.394 e. The summed E-state index contributed by atoms with van der Waals surface area (Å²) in [6, 6.07) is 6.99. The maximum absolute atomic E-state index is 13.6. The van der Waals surface area contributed by atoms with Crippen LogP contribution < -0.4 is 11.2 Å². The van der Waals surface area contributed by atoms with Crippen molar-refractivity contribution >= 4 is 5.91 Å². The Morgan fingerprint density at radius 2 is 1.97 bits per heavy atom. The van der Waals surface area contributed by atoms with E-state index in [1.165, 1.54) is 24.3 Å². The molecule has 0 unspecified atom stereocenters. The first kappa shape index (κ1) is 23.5. The summed E-state index contributed by atoms with van der Waals surface area (Å²) in [6.07, 6.45) is -7.93. The van der Waals surface area contributed by atoms with Gasteiger partial charge in [0.2, 0.25) is 0 Å². The normalized spacial score (nSPS) is 20.6. The lowest BCUT2D eigenvalue weighted by Crippen LogP contribution is -2.47. The highest BCUT2D eigenvalue weighted by Crippen LogP contribution is 2.31. The van der Waals surface area contributed by atoms with Crippen molar-refractivity contribution in [2.24, 2.45) is 0 Å². The van der Waals surface area contributed by atoms with Gasteiger partial charge in [0.15, 0.2) is 0 Å². The van der Waals surface area contributed by atoms with Crippen LogP contribution in [0.5, 0.6) is 0 Å². The predicted octanol–water partition coefficient (Wildman–Crippen LogP) is 1.41. The van der Waals surface area contributed by atoms with Crippen LogP contribution in [-0.4, -0.2) is 45.6 Å². The van der Waals surface area contributed by atoms with Crippen molar-refractivity contribution in [3.05, 3.63) is 68.5 Å². The molecule has 2 aromatic rings. The van der Waals surface area contributed by atoms with Crippen LogP contribution in [0.3, 0.4) is 0 Å². The molecule has 11 heteroatoms. The van der Waals surface area contributed by atoms with Gasteiger partial charge >= 0.3 is 11.9 Å². The second-order valence-corrected chi connectivity index (χ2v) is 6.87. The van der Waals surface area contributed by atoms with Gasteiger partial charge in [-0.1, -0.05) is 24.1 Å². The molecule has 2 heterocycles. The average molecular weight is 452 g/mol. The van der Waals surface area contributed by atoms with Gasteiger partial charge in [0.25, 0.3) is 11.5 Å². The van der Waals surface area contributed by atoms with Crippen LogP contribution >= 0.6 is 0 Å². The highest BCUT2D eigenvalue weighted by molar-refractivity contribution is 5.95. The minimum atomic E-state index is -5.13. The highest BCUT2D eigenvalue weighted by atomic mass is 19.4. The Morgan fingerprint density at radius 3 is 2.56 bits per heavy atom. The van der Waals surface area contributed by atoms with E-state index in [1.807, 2.05) is 0 Å². The number of aliphatic hydroxyl groups excluding tert-OH is 1. The van der Waals surface area contributed by atoms with Crippen molar-refractivity contribution in [2.45, 2.75) is 38.0 Å². The number of hydrogen-bond acceptors (Lipinski definition) is 6. The molecule has 1 aromatic heterocycles. The van der Waals surface area contributed by atoms with Gasteiger partial charge < -0.3 is 14.6 Å². The molecule has 1 aliphatic rings. The second-order valence-electron chi connectivity index (χ2n) is 6.87. The maximum Gasteiger partial charge on any atom is 0.423 e. The molecule has 0 spiro atoms. The zero-order valence-corrected chi connectivity index (χ0v) is 16.8. The SMILES string of the molecule is CC#CCO[C@H]1C[C@H](n2cc(C(F)(F)F)c(=O)n(C(=O)c3ccccc3)c2=O)O[C@@H]1CO. The van der Waals surface area contributed by atoms with Crippen LogP contribution in [0.15, 0.2) is 46.1 Å². The molecule has 8 nitrogen and oxygen atoms in total. The lowest BCUT2D eigenvalue weighted by Gasteiger charge is -2.18. The first-order valence-electron chi connectivity index (χ1n) is 9.51. The van der Waals surface area contributed by atoms with Crippen molar-refractivity contribution < 1.29 is 32.5 Å². The molecule has 32 heavy (non-hydrogen) atoms. The Kier molecular flexibility index (Phi) is 6.98. The quantitative estimate of drug-likeness (QED) is 0.689. The molecule has 0 saturated carbocycles. The summed E-state index contributed by atoms with van der Waals surface area (Å²) in [5.74, 6) is 4.05. The lowest BCUT2D eigenvalue weighted by molar-refractivity contribution is -0.139. The summed E-state index contributed by atoms with van der Waals surface area (Å²) >= 11 is 0. The van der Waals surface area contributed by atoms with Gasteiger partial charge in [-0.05, 0) is 19.1 Å². The Labute approximate surface area is 179 Å². The number of alkyl halides is 3. The van der Waals surface area contributed by atoms with Gasteiger partial charge in [-0.2, -0.15) is 17.7 Å². The number of nitrogens with zero attached hydrogens (tertiary/aromatic N) is 2. The fourth-order valence-corrected chi connectivity index (χ4v) is 3.29. The fourth-order valence-electron chi connectivity index (χ4n) is 3.29. The monoisotopic (exact) mass is 452 g/mol. The van der Waals surface area contributed by atoms with Crippen LogP contribution in [0.1, 0.15) is 35.5 Å². The highest BCUT2D eigenvalue weighted by Gasteiger charge is 2.41. The molecule has 3 rings (SSSR count). The number of hydrogen-bond donors (Lipinski definition) is 1. The van der Waals surface area contributed by atoms with Crippen LogP contribution in [0, 0.1) is 11.8 Å². The Hall–Kier alpha value is -3.20. The van der Waals surface area contributed by atoms with Gasteiger partial charge in [0.05, 0.1) is 12.7 Å². The van der Waals surface area contributed by atoms with Crippen LogP contribution in [-0.2, 0) is 15.7 Å². The molecule has 1 N–H and O–H groups in total. The molecule has 3 atom stereocenters. The molecule has 1 saturated heterocycles. The Balaban J connectivity index is 2.10. The van der Waals surface area contributed by atoms with Gasteiger partial charge in [-0.3, -0.25) is 14.2 Å². The molecule has 0 aliphatic carbocycles. The number of halogens is 3. The fraction of sp³-hybridized carbons (Fsp3) is 0.381. The number of ether oxygens (including phenoxy) is 2. The zero-order chi connectivity index (χ0) is 23.5. The van der Waals surface area contributed by atoms with E-state index >= 15 is 0 Å². The topological polar surface area (TPSA) is 99.8 Å². The van der Waals surface area contributed by atoms with E-state index in [2.05, 4.69) is 11.8 Å². The third kappa shape index (κ3) is 4.67. The lowest BCUT2D eigenvalue weighted by atomic mass is 10.2. The Bertz CT molecular complexity index is 1160. The van der Waals surface area contributed by atoms with Gasteiger partial charge in [-0.25, -0.2) is 4.79 Å². The smallest absolute Gasteiger partial charge is 0.394 e. The minimum absolute atomic E-state index is 0.0115. The summed E-state index contributed by atoms with van der Waals surface area (Å²) in [6.45, 7) is 1.05. The third-order valence-electron chi connectivity index (χ3n) is 4.86. The number of carbonyl (C=O) groups is 1. The van der Waals surface area contributed by atoms with Crippen molar-refractivity contribution in [3.63, 3.8) is 0 Å². The standard InChI is InChI=1S/C21H19F3N2O6/c1-2-3-9-31-15-10-17(32-16(15)12-27)25-11-14(21(22,23)24)19(29)26(20(25)30)18(28)13-7-5-4-6-8-13/h4-8,11,15-17,27H,9-10,12H2,1H3/t15-,16+,17+/m0/s1. The van der Waals surface area contributed by atoms with E-state index in [0.29, 0.717) is 10.8 Å². The van der Waals surface area contributed by atoms with Crippen molar-refractivity contribution in [1.82, 2.24) is 9.13 Å². The van der Waals surface area contributed by atoms with E-state index in [-0.39, 0.29) is 23.2 Å². The molecular weight excluding hydrogens is 433 g/mol. The van der Waals surface area contributed by atoms with Gasteiger partial charge in [0.1, 0.15) is 24.5 Å². The first-order chi connectivity index (χ1) is 15.2. The average Bonchev–Trinajstić information content (AvgIpc) is 3.16. The summed E-state index contributed by atoms with van der Waals surface area (Å²) in [4.78, 5) is 38.2. The number of benzene rings is 1. The Morgan fingerprint density at radius 1 is 1.28 bits per heavy atom. The van der Waals surface area contributed by atoms with Crippen molar-refractivity contribution in [3.8, 4) is 11.8 Å². The predicted molar refractivity (Wildman–Crippen MR) is 105 cm³/mol. The molecule has 1 aliphatic heterocycles. The number of aromatic nitrogens is 2. The first-order valence-corrected chi connectivity index (χ1v) is 9.51. The third-order valence-corrected chi connectivity index (χ3v) is 4.86. The molecule has 0 radical (unpaired) electrons. The van der Waals surface area contributed by atoms with Gasteiger partial charge in [0, 0.05) is 18.2 Å². The van der Waals surface area contributed by atoms with Gasteiger partial charge in [-0.15, -0.1) is 5.92 Å². The molecule has 0 amide bonds. The summed E-state index contributed by atoms with van der Waals surface area (Å²) in [7, 11) is 0. The molecular formula is C21H19F3N2O6. The second kappa shape index (κ2) is 9.52. The van der Waals surface area contributed by atoms with E-state index in [0.717, 1.165) is 0 Å². The summed E-state index contributed by atoms with van der Waals surface area (Å²) in [5.41, 5.74) is -4.92. The van der Waals surface area contributed by atoms with E-state index in [9.17, 15) is 32.7 Å².